The summed E-state index contributed by atoms with van der Waals surface area (Å²) in [6.07, 6.45) is 0. The summed E-state index contributed by atoms with van der Waals surface area (Å²) >= 11 is 1.89. The van der Waals surface area contributed by atoms with Crippen molar-refractivity contribution in [1.29, 1.82) is 0 Å². The number of hydrogen-bond donors (Lipinski definition) is 0. The Morgan fingerprint density at radius 3 is 1.58 bits per heavy atom. The molecule has 278 valence electrons. The molecule has 0 atom stereocenters. The Labute approximate surface area is 349 Å². The number of para-hydroxylation sites is 2. The van der Waals surface area contributed by atoms with Crippen LogP contribution in [0.5, 0.6) is 0 Å². The largest absolute Gasteiger partial charge is 0.456 e. The second-order valence-electron chi connectivity index (χ2n) is 15.6. The number of rotatable bonds is 5. The molecule has 0 amide bonds. The molecule has 0 radical (unpaired) electrons. The number of fused-ring (bicyclic) bond motifs is 11. The first kappa shape index (κ1) is 34.2. The molecule has 10 aromatic rings. The van der Waals surface area contributed by atoms with Gasteiger partial charge >= 0.3 is 0 Å². The van der Waals surface area contributed by atoms with E-state index in [1.54, 1.807) is 0 Å². The van der Waals surface area contributed by atoms with Crippen LogP contribution in [0.25, 0.3) is 21.9 Å². The first-order valence-electron chi connectivity index (χ1n) is 20.3. The maximum absolute atomic E-state index is 6.51. The topological polar surface area (TPSA) is 16.4 Å². The van der Waals surface area contributed by atoms with Gasteiger partial charge in [-0.2, -0.15) is 0 Å². The standard InChI is InChI=1S/C55H37NOSSi/c1-4-18-38(19-5-1)56(40-32-34-44-43-24-10-14-28-49(43)57-50(44)37-40)39-33-35-54-48(36-39)55(45-25-11-15-29-51(45)58-52-30-16-12-26-46(52)55)47-27-13-17-31-53(47)59(54,41-20-6-2-7-21-41)42-22-8-3-9-23-42/h1-37H. The fourth-order valence-corrected chi connectivity index (χ4v) is 16.8. The molecule has 4 heteroatoms. The van der Waals surface area contributed by atoms with E-state index >= 15 is 0 Å². The van der Waals surface area contributed by atoms with Crippen LogP contribution < -0.4 is 25.6 Å². The Hall–Kier alpha value is -6.85. The molecule has 12 rings (SSSR count). The van der Waals surface area contributed by atoms with E-state index in [2.05, 4.69) is 223 Å². The maximum atomic E-state index is 6.51. The molecule has 0 saturated heterocycles. The molecule has 59 heavy (non-hydrogen) atoms. The van der Waals surface area contributed by atoms with Gasteiger partial charge in [0.25, 0.3) is 0 Å². The summed E-state index contributed by atoms with van der Waals surface area (Å²) < 4.78 is 6.51. The zero-order valence-electron chi connectivity index (χ0n) is 32.1. The summed E-state index contributed by atoms with van der Waals surface area (Å²) in [5, 5.41) is 7.85. The lowest BCUT2D eigenvalue weighted by atomic mass is 9.64. The maximum Gasteiger partial charge on any atom is 0.180 e. The summed E-state index contributed by atoms with van der Waals surface area (Å²) in [5.74, 6) is 0. The van der Waals surface area contributed by atoms with Crippen LogP contribution in [0.2, 0.25) is 0 Å². The van der Waals surface area contributed by atoms with E-state index in [1.807, 2.05) is 17.8 Å². The van der Waals surface area contributed by atoms with Crippen molar-refractivity contribution in [3.63, 3.8) is 0 Å². The Bertz CT molecular complexity index is 3130. The van der Waals surface area contributed by atoms with Gasteiger partial charge in [0.1, 0.15) is 11.2 Å². The van der Waals surface area contributed by atoms with E-state index in [0.717, 1.165) is 39.0 Å². The number of benzene rings is 9. The highest BCUT2D eigenvalue weighted by atomic mass is 32.2. The summed E-state index contributed by atoms with van der Waals surface area (Å²) in [6, 6.07) is 83.5. The van der Waals surface area contributed by atoms with Gasteiger partial charge in [-0.25, -0.2) is 0 Å². The molecular weight excluding hydrogens is 751 g/mol. The second kappa shape index (κ2) is 13.4. The van der Waals surface area contributed by atoms with E-state index in [-0.39, 0.29) is 0 Å². The average Bonchev–Trinajstić information content (AvgIpc) is 3.68. The third-order valence-corrected chi connectivity index (χ3v) is 18.7. The van der Waals surface area contributed by atoms with Crippen molar-refractivity contribution in [3.05, 3.63) is 247 Å². The van der Waals surface area contributed by atoms with Crippen molar-refractivity contribution in [2.45, 2.75) is 15.2 Å². The van der Waals surface area contributed by atoms with Crippen LogP contribution in [-0.4, -0.2) is 8.07 Å². The zero-order valence-corrected chi connectivity index (χ0v) is 33.9. The van der Waals surface area contributed by atoms with Crippen LogP contribution >= 0.6 is 11.8 Å². The third-order valence-electron chi connectivity index (χ3n) is 12.7. The van der Waals surface area contributed by atoms with Gasteiger partial charge in [0.05, 0.1) is 5.41 Å². The molecule has 2 aliphatic heterocycles. The smallest absolute Gasteiger partial charge is 0.180 e. The van der Waals surface area contributed by atoms with Crippen LogP contribution in [0.4, 0.5) is 17.1 Å². The van der Waals surface area contributed by atoms with Crippen molar-refractivity contribution in [3.8, 4) is 0 Å². The second-order valence-corrected chi connectivity index (χ2v) is 20.4. The van der Waals surface area contributed by atoms with Gasteiger partial charge in [-0.1, -0.05) is 176 Å². The van der Waals surface area contributed by atoms with Crippen molar-refractivity contribution >= 4 is 79.6 Å². The molecule has 2 nitrogen and oxygen atoms in total. The van der Waals surface area contributed by atoms with Crippen LogP contribution in [-0.2, 0) is 5.41 Å². The first-order chi connectivity index (χ1) is 29.3. The summed E-state index contributed by atoms with van der Waals surface area (Å²) in [7, 11) is -2.94. The predicted molar refractivity (Wildman–Crippen MR) is 248 cm³/mol. The SMILES string of the molecule is c1ccc(N(c2ccc3c(c2)C2(c4ccccc4Sc4ccccc42)c2ccccc2[Si]3(c2ccccc2)c2ccccc2)c2ccc3c(c2)oc2ccccc23)cc1. The van der Waals surface area contributed by atoms with Crippen LogP contribution in [0, 0.1) is 0 Å². The highest BCUT2D eigenvalue weighted by Gasteiger charge is 2.57. The Kier molecular flexibility index (Phi) is 7.74. The number of hydrogen-bond acceptors (Lipinski definition) is 3. The predicted octanol–water partition coefficient (Wildman–Crippen LogP) is 11.6. The minimum absolute atomic E-state index is 0.592. The van der Waals surface area contributed by atoms with E-state index in [9.17, 15) is 0 Å². The van der Waals surface area contributed by atoms with Crippen LogP contribution in [0.3, 0.4) is 0 Å². The van der Waals surface area contributed by atoms with Crippen molar-refractivity contribution in [2.75, 3.05) is 4.90 Å². The summed E-state index contributed by atoms with van der Waals surface area (Å²) in [5.41, 5.74) is 9.76. The number of furan rings is 1. The molecule has 1 aromatic heterocycles. The van der Waals surface area contributed by atoms with Crippen molar-refractivity contribution in [1.82, 2.24) is 0 Å². The molecule has 0 unspecified atom stereocenters. The molecule has 0 aliphatic carbocycles. The average molecular weight is 788 g/mol. The van der Waals surface area contributed by atoms with E-state index in [0.29, 0.717) is 0 Å². The van der Waals surface area contributed by atoms with Gasteiger partial charge in [0.2, 0.25) is 0 Å². The van der Waals surface area contributed by atoms with Gasteiger partial charge in [-0.15, -0.1) is 0 Å². The zero-order chi connectivity index (χ0) is 39.0. The van der Waals surface area contributed by atoms with Crippen molar-refractivity contribution < 1.29 is 4.42 Å². The number of nitrogens with zero attached hydrogens (tertiary/aromatic N) is 1. The molecule has 0 saturated carbocycles. The monoisotopic (exact) mass is 787 g/mol. The van der Waals surface area contributed by atoms with E-state index in [1.165, 1.54) is 52.8 Å². The van der Waals surface area contributed by atoms with E-state index < -0.39 is 13.5 Å². The Morgan fingerprint density at radius 1 is 0.373 bits per heavy atom. The van der Waals surface area contributed by atoms with Gasteiger partial charge in [-0.05, 0) is 97.6 Å². The summed E-state index contributed by atoms with van der Waals surface area (Å²) in [4.78, 5) is 4.99. The highest BCUT2D eigenvalue weighted by molar-refractivity contribution is 7.99. The lowest BCUT2D eigenvalue weighted by Crippen LogP contribution is -2.79. The molecule has 1 spiro atoms. The molecular formula is C55H37NOSSi. The van der Waals surface area contributed by atoms with Gasteiger partial charge < -0.3 is 9.32 Å². The normalized spacial score (nSPS) is 14.3. The molecule has 0 fully saturated rings. The van der Waals surface area contributed by atoms with Crippen LogP contribution in [0.1, 0.15) is 22.3 Å². The van der Waals surface area contributed by atoms with E-state index in [4.69, 9.17) is 4.42 Å². The van der Waals surface area contributed by atoms with Crippen molar-refractivity contribution in [2.24, 2.45) is 0 Å². The highest BCUT2D eigenvalue weighted by Crippen LogP contribution is 2.57. The fraction of sp³-hybridized carbons (Fsp3) is 0.0182. The lowest BCUT2D eigenvalue weighted by Gasteiger charge is -2.52. The Balaban J connectivity index is 1.23. The van der Waals surface area contributed by atoms with Gasteiger partial charge in [-0.3, -0.25) is 0 Å². The number of anilines is 3. The van der Waals surface area contributed by atoms with Gasteiger partial charge in [0.15, 0.2) is 8.07 Å². The lowest BCUT2D eigenvalue weighted by molar-refractivity contribution is 0.669. The third kappa shape index (κ3) is 4.88. The minimum atomic E-state index is -2.94. The molecule has 0 bridgehead atoms. The molecule has 3 heterocycles. The minimum Gasteiger partial charge on any atom is -0.456 e. The quantitative estimate of drug-likeness (QED) is 0.162. The molecule has 2 aliphatic rings. The molecule has 9 aromatic carbocycles. The van der Waals surface area contributed by atoms with Gasteiger partial charge in [0, 0.05) is 43.7 Å². The fourth-order valence-electron chi connectivity index (χ4n) is 10.4. The van der Waals surface area contributed by atoms with Crippen LogP contribution in [0.15, 0.2) is 239 Å². The first-order valence-corrected chi connectivity index (χ1v) is 23.1. The Morgan fingerprint density at radius 2 is 0.881 bits per heavy atom. The summed E-state index contributed by atoms with van der Waals surface area (Å²) in [6.45, 7) is 0. The molecule has 0 N–H and O–H groups in total.